The lowest BCUT2D eigenvalue weighted by atomic mass is 9.90. The van der Waals surface area contributed by atoms with E-state index < -0.39 is 0 Å². The van der Waals surface area contributed by atoms with Gasteiger partial charge in [0.05, 0.1) is 0 Å². The second kappa shape index (κ2) is 15.5. The third-order valence-corrected chi connectivity index (χ3v) is 1.28. The van der Waals surface area contributed by atoms with Crippen molar-refractivity contribution in [1.82, 2.24) is 0 Å². The number of hydrogen-bond donors (Lipinski definition) is 0. The first-order valence-corrected chi connectivity index (χ1v) is 6.39. The first-order valence-electron chi connectivity index (χ1n) is 6.39. The van der Waals surface area contributed by atoms with E-state index in [9.17, 15) is 0 Å². The van der Waals surface area contributed by atoms with Crippen molar-refractivity contribution in [1.29, 1.82) is 0 Å². The minimum absolute atomic E-state index is 0.552. The summed E-state index contributed by atoms with van der Waals surface area (Å²) in [6.45, 7) is 17.6. The van der Waals surface area contributed by atoms with Crippen LogP contribution in [0.3, 0.4) is 0 Å². The van der Waals surface area contributed by atoms with E-state index in [1.54, 1.807) is 0 Å². The van der Waals surface area contributed by atoms with E-state index in [1.807, 2.05) is 0 Å². The highest BCUT2D eigenvalue weighted by Gasteiger charge is 2.07. The van der Waals surface area contributed by atoms with Gasteiger partial charge in [-0.1, -0.05) is 81.1 Å². The van der Waals surface area contributed by atoms with Crippen LogP contribution in [0.2, 0.25) is 0 Å². The summed E-state index contributed by atoms with van der Waals surface area (Å²) in [4.78, 5) is 0. The molecule has 0 radical (unpaired) electrons. The second-order valence-corrected chi connectivity index (χ2v) is 5.08. The topological polar surface area (TPSA) is 0 Å². The van der Waals surface area contributed by atoms with E-state index in [2.05, 4.69) is 55.4 Å². The summed E-state index contributed by atoms with van der Waals surface area (Å²) in [5.41, 5.74) is 0.552. The Labute approximate surface area is 93.5 Å². The highest BCUT2D eigenvalue weighted by atomic mass is 14.1. The maximum Gasteiger partial charge on any atom is -0.0383 e. The molecule has 0 N–H and O–H groups in total. The van der Waals surface area contributed by atoms with Crippen LogP contribution in [0.4, 0.5) is 0 Å². The lowest BCUT2D eigenvalue weighted by Gasteiger charge is -2.16. The molecule has 0 bridgehead atoms. The smallest absolute Gasteiger partial charge is 0.0383 e. The van der Waals surface area contributed by atoms with Crippen LogP contribution in [0, 0.1) is 5.41 Å². The van der Waals surface area contributed by atoms with Gasteiger partial charge in [-0.05, 0) is 11.8 Å². The summed E-state index contributed by atoms with van der Waals surface area (Å²) in [6.07, 6.45) is 6.57. The standard InChI is InChI=1S/C8H18.2C3H8/c1-5-6-7-8(2,3)4;2*1-3-2/h5-7H2,1-4H3;2*3H2,1-2H3. The van der Waals surface area contributed by atoms with Crippen molar-refractivity contribution in [3.05, 3.63) is 0 Å². The van der Waals surface area contributed by atoms with Gasteiger partial charge in [-0.15, -0.1) is 0 Å². The van der Waals surface area contributed by atoms with Gasteiger partial charge >= 0.3 is 0 Å². The van der Waals surface area contributed by atoms with Crippen LogP contribution in [-0.2, 0) is 0 Å². The van der Waals surface area contributed by atoms with Gasteiger partial charge in [0.2, 0.25) is 0 Å². The molecule has 0 saturated carbocycles. The van der Waals surface area contributed by atoms with Crippen molar-refractivity contribution in [3.63, 3.8) is 0 Å². The van der Waals surface area contributed by atoms with Crippen molar-refractivity contribution in [2.75, 3.05) is 0 Å². The average molecular weight is 202 g/mol. The molecule has 0 heterocycles. The maximum atomic E-state index is 2.29. The lowest BCUT2D eigenvalue weighted by Crippen LogP contribution is -2.03. The molecule has 0 aromatic heterocycles. The zero-order chi connectivity index (χ0) is 12.0. The Kier molecular flexibility index (Phi) is 21.6. The molecule has 0 aromatic rings. The van der Waals surface area contributed by atoms with Gasteiger partial charge < -0.3 is 0 Å². The minimum Gasteiger partial charge on any atom is -0.0656 e. The molecule has 0 amide bonds. The third-order valence-electron chi connectivity index (χ3n) is 1.28. The van der Waals surface area contributed by atoms with Crippen molar-refractivity contribution < 1.29 is 0 Å². The van der Waals surface area contributed by atoms with E-state index >= 15 is 0 Å². The van der Waals surface area contributed by atoms with Crippen LogP contribution >= 0.6 is 0 Å². The molecular formula is C14H34. The number of unbranched alkanes of at least 4 members (excludes halogenated alkanes) is 1. The Morgan fingerprint density at radius 2 is 1.00 bits per heavy atom. The molecule has 90 valence electrons. The SMILES string of the molecule is CCC.CCC.CCCCC(C)(C)C. The van der Waals surface area contributed by atoms with Gasteiger partial charge in [-0.3, -0.25) is 0 Å². The summed E-state index contributed by atoms with van der Waals surface area (Å²) in [5, 5.41) is 0. The Morgan fingerprint density at radius 3 is 1.07 bits per heavy atom. The zero-order valence-corrected chi connectivity index (χ0v) is 12.0. The molecule has 0 heteroatoms. The first-order chi connectivity index (χ1) is 6.39. The van der Waals surface area contributed by atoms with Crippen LogP contribution in [0.5, 0.6) is 0 Å². The van der Waals surface area contributed by atoms with E-state index in [4.69, 9.17) is 0 Å². The Hall–Kier alpha value is 0. The maximum absolute atomic E-state index is 2.29. The summed E-state index contributed by atoms with van der Waals surface area (Å²) < 4.78 is 0. The molecular weight excluding hydrogens is 168 g/mol. The van der Waals surface area contributed by atoms with E-state index in [0.29, 0.717) is 5.41 Å². The predicted molar refractivity (Wildman–Crippen MR) is 70.9 cm³/mol. The Bertz CT molecular complexity index is 64.6. The molecule has 14 heavy (non-hydrogen) atoms. The number of rotatable bonds is 2. The van der Waals surface area contributed by atoms with Gasteiger partial charge in [-0.2, -0.15) is 0 Å². The van der Waals surface area contributed by atoms with Gasteiger partial charge in [-0.25, -0.2) is 0 Å². The molecule has 0 aliphatic carbocycles. The van der Waals surface area contributed by atoms with Crippen LogP contribution in [0.15, 0.2) is 0 Å². The Morgan fingerprint density at radius 1 is 0.714 bits per heavy atom. The number of hydrogen-bond acceptors (Lipinski definition) is 0. The molecule has 0 nitrogen and oxygen atoms in total. The van der Waals surface area contributed by atoms with Crippen molar-refractivity contribution in [3.8, 4) is 0 Å². The van der Waals surface area contributed by atoms with E-state index in [-0.39, 0.29) is 0 Å². The van der Waals surface area contributed by atoms with Gasteiger partial charge in [0.1, 0.15) is 0 Å². The molecule has 0 saturated heterocycles. The van der Waals surface area contributed by atoms with Crippen LogP contribution in [0.25, 0.3) is 0 Å². The zero-order valence-electron chi connectivity index (χ0n) is 12.0. The molecule has 0 aliphatic heterocycles. The third kappa shape index (κ3) is 58.1. The molecule has 0 fully saturated rings. The quantitative estimate of drug-likeness (QED) is 0.511. The molecule has 0 aliphatic rings. The lowest BCUT2D eigenvalue weighted by molar-refractivity contribution is 0.363. The fourth-order valence-electron chi connectivity index (χ4n) is 0.707. The molecule has 0 unspecified atom stereocenters. The van der Waals surface area contributed by atoms with Crippen LogP contribution in [-0.4, -0.2) is 0 Å². The summed E-state index contributed by atoms with van der Waals surface area (Å²) >= 11 is 0. The van der Waals surface area contributed by atoms with E-state index in [1.165, 1.54) is 32.1 Å². The largest absolute Gasteiger partial charge is 0.0656 e. The summed E-state index contributed by atoms with van der Waals surface area (Å²) in [6, 6.07) is 0. The average Bonchev–Trinajstić information content (AvgIpc) is 2.02. The highest BCUT2D eigenvalue weighted by Crippen LogP contribution is 2.20. The predicted octanol–water partition coefficient (Wildman–Crippen LogP) is 6.06. The van der Waals surface area contributed by atoms with Gasteiger partial charge in [0.25, 0.3) is 0 Å². The molecule has 0 atom stereocenters. The van der Waals surface area contributed by atoms with Crippen molar-refractivity contribution in [2.24, 2.45) is 5.41 Å². The monoisotopic (exact) mass is 202 g/mol. The van der Waals surface area contributed by atoms with Crippen molar-refractivity contribution >= 4 is 0 Å². The van der Waals surface area contributed by atoms with Crippen molar-refractivity contribution in [2.45, 2.75) is 87.5 Å². The van der Waals surface area contributed by atoms with E-state index in [0.717, 1.165) is 0 Å². The van der Waals surface area contributed by atoms with Crippen LogP contribution in [0.1, 0.15) is 87.5 Å². The molecule has 0 spiro atoms. The minimum atomic E-state index is 0.552. The fourth-order valence-corrected chi connectivity index (χ4v) is 0.707. The van der Waals surface area contributed by atoms with Gasteiger partial charge in [0.15, 0.2) is 0 Å². The Balaban J connectivity index is -0.000000168. The highest BCUT2D eigenvalue weighted by molar-refractivity contribution is 4.59. The fraction of sp³-hybridized carbons (Fsp3) is 1.00. The first kappa shape index (κ1) is 19.6. The second-order valence-electron chi connectivity index (χ2n) is 5.08. The van der Waals surface area contributed by atoms with Crippen LogP contribution < -0.4 is 0 Å². The van der Waals surface area contributed by atoms with Gasteiger partial charge in [0, 0.05) is 0 Å². The molecule has 0 rings (SSSR count). The summed E-state index contributed by atoms with van der Waals surface area (Å²) in [5.74, 6) is 0. The summed E-state index contributed by atoms with van der Waals surface area (Å²) in [7, 11) is 0. The molecule has 0 aromatic carbocycles. The normalized spacial score (nSPS) is 9.43.